The van der Waals surface area contributed by atoms with Crippen molar-refractivity contribution in [1.82, 2.24) is 0 Å². The molecular weight excluding hydrogens is 206 g/mol. The fourth-order valence-corrected chi connectivity index (χ4v) is 1.38. The number of carbonyl (C=O) groups is 2. The molecular formula is C12H24NO3+. The third kappa shape index (κ3) is 5.26. The highest BCUT2D eigenvalue weighted by atomic mass is 16.4. The molecule has 0 saturated heterocycles. The van der Waals surface area contributed by atoms with Crippen molar-refractivity contribution >= 4 is 11.8 Å². The third-order valence-electron chi connectivity index (χ3n) is 3.15. The molecule has 16 heavy (non-hydrogen) atoms. The molecule has 1 N–H and O–H groups in total. The quantitative estimate of drug-likeness (QED) is 0.675. The van der Waals surface area contributed by atoms with Crippen molar-refractivity contribution in [2.75, 3.05) is 27.2 Å². The van der Waals surface area contributed by atoms with E-state index in [2.05, 4.69) is 0 Å². The maximum absolute atomic E-state index is 11.9. The fraction of sp³-hybridized carbons (Fsp3) is 0.833. The molecule has 0 rings (SSSR count). The second kappa shape index (κ2) is 5.43. The number of nitrogens with zero attached hydrogens (tertiary/aromatic N) is 1. The van der Waals surface area contributed by atoms with Gasteiger partial charge in [-0.2, -0.15) is 0 Å². The Balaban J connectivity index is 4.25. The molecule has 0 aromatic heterocycles. The highest BCUT2D eigenvalue weighted by Crippen LogP contribution is 2.23. The second-order valence-electron chi connectivity index (χ2n) is 5.62. The molecule has 0 spiro atoms. The van der Waals surface area contributed by atoms with E-state index in [0.29, 0.717) is 17.4 Å². The predicted molar refractivity (Wildman–Crippen MR) is 63.2 cm³/mol. The lowest BCUT2D eigenvalue weighted by Crippen LogP contribution is -2.45. The summed E-state index contributed by atoms with van der Waals surface area (Å²) in [7, 11) is 3.67. The summed E-state index contributed by atoms with van der Waals surface area (Å²) in [6.07, 6.45) is 1.26. The van der Waals surface area contributed by atoms with Gasteiger partial charge < -0.3 is 9.59 Å². The molecule has 0 bridgehead atoms. The van der Waals surface area contributed by atoms with Crippen molar-refractivity contribution in [1.29, 1.82) is 0 Å². The first-order valence-corrected chi connectivity index (χ1v) is 5.68. The first-order chi connectivity index (χ1) is 7.10. The second-order valence-corrected chi connectivity index (χ2v) is 5.62. The van der Waals surface area contributed by atoms with Crippen LogP contribution < -0.4 is 0 Å². The van der Waals surface area contributed by atoms with Crippen molar-refractivity contribution in [2.45, 2.75) is 33.6 Å². The third-order valence-corrected chi connectivity index (χ3v) is 3.15. The topological polar surface area (TPSA) is 54.4 Å². The number of rotatable bonds is 7. The molecule has 0 aliphatic heterocycles. The van der Waals surface area contributed by atoms with Crippen LogP contribution in [-0.4, -0.2) is 48.5 Å². The zero-order valence-electron chi connectivity index (χ0n) is 11.0. The molecule has 94 valence electrons. The first kappa shape index (κ1) is 15.1. The van der Waals surface area contributed by atoms with E-state index < -0.39 is 5.97 Å². The van der Waals surface area contributed by atoms with Crippen LogP contribution in [0.15, 0.2) is 0 Å². The minimum Gasteiger partial charge on any atom is -0.477 e. The minimum atomic E-state index is -0.827. The summed E-state index contributed by atoms with van der Waals surface area (Å²) in [5.74, 6) is -0.612. The number of quaternary nitrogens is 1. The lowest BCUT2D eigenvalue weighted by Gasteiger charge is -2.29. The van der Waals surface area contributed by atoms with Crippen LogP contribution in [-0.2, 0) is 9.59 Å². The summed E-state index contributed by atoms with van der Waals surface area (Å²) in [5.41, 5.74) is -0.288. The summed E-state index contributed by atoms with van der Waals surface area (Å²) in [5, 5.41) is 8.72. The average Bonchev–Trinajstić information content (AvgIpc) is 2.12. The van der Waals surface area contributed by atoms with Crippen molar-refractivity contribution in [3.05, 3.63) is 0 Å². The molecule has 0 radical (unpaired) electrons. The number of carboxylic acids is 1. The Morgan fingerprint density at radius 2 is 1.75 bits per heavy atom. The lowest BCUT2D eigenvalue weighted by molar-refractivity contribution is -0.882. The predicted octanol–water partition coefficient (Wildman–Crippen LogP) is 1.54. The molecule has 0 atom stereocenters. The normalized spacial score (nSPS) is 12.6. The number of hydrogen-bond donors (Lipinski definition) is 1. The van der Waals surface area contributed by atoms with E-state index in [0.717, 1.165) is 6.42 Å². The highest BCUT2D eigenvalue weighted by molar-refractivity contribution is 5.84. The number of aliphatic carboxylic acids is 1. The molecule has 0 heterocycles. The van der Waals surface area contributed by atoms with Crippen LogP contribution >= 0.6 is 0 Å². The number of Topliss-reactive ketones (excluding diaryl/α,β-unsaturated/α-hetero) is 1. The zero-order valence-corrected chi connectivity index (χ0v) is 11.0. The molecule has 0 aliphatic rings. The monoisotopic (exact) mass is 230 g/mol. The van der Waals surface area contributed by atoms with E-state index in [-0.39, 0.29) is 17.7 Å². The van der Waals surface area contributed by atoms with Gasteiger partial charge in [0.25, 0.3) is 0 Å². The van der Waals surface area contributed by atoms with Gasteiger partial charge in [-0.3, -0.25) is 4.79 Å². The molecule has 4 heteroatoms. The Bertz CT molecular complexity index is 269. The molecule has 0 unspecified atom stereocenters. The van der Waals surface area contributed by atoms with Gasteiger partial charge in [-0.1, -0.05) is 20.8 Å². The number of carboxylic acid groups (broad SMARTS) is 1. The first-order valence-electron chi connectivity index (χ1n) is 5.68. The molecule has 0 aromatic carbocycles. The van der Waals surface area contributed by atoms with E-state index in [4.69, 9.17) is 5.11 Å². The minimum absolute atomic E-state index is 0.0554. The molecule has 4 nitrogen and oxygen atoms in total. The van der Waals surface area contributed by atoms with Crippen LogP contribution in [0.25, 0.3) is 0 Å². The Morgan fingerprint density at radius 1 is 1.25 bits per heavy atom. The van der Waals surface area contributed by atoms with Gasteiger partial charge >= 0.3 is 5.97 Å². The van der Waals surface area contributed by atoms with Gasteiger partial charge in [0.1, 0.15) is 5.78 Å². The smallest absolute Gasteiger partial charge is 0.359 e. The van der Waals surface area contributed by atoms with E-state index in [1.165, 1.54) is 0 Å². The largest absolute Gasteiger partial charge is 0.477 e. The van der Waals surface area contributed by atoms with Crippen LogP contribution in [0.4, 0.5) is 0 Å². The summed E-state index contributed by atoms with van der Waals surface area (Å²) in [4.78, 5) is 22.5. The Morgan fingerprint density at radius 3 is 2.12 bits per heavy atom. The Hall–Kier alpha value is -0.900. The molecule has 0 saturated carbocycles. The SMILES string of the molecule is CCC(C)(C)C(=O)CC[N+](C)(C)CC(=O)O. The highest BCUT2D eigenvalue weighted by Gasteiger charge is 2.28. The summed E-state index contributed by atoms with van der Waals surface area (Å²) in [6.45, 7) is 6.50. The van der Waals surface area contributed by atoms with Crippen LogP contribution in [0.5, 0.6) is 0 Å². The van der Waals surface area contributed by atoms with Crippen molar-refractivity contribution < 1.29 is 19.2 Å². The van der Waals surface area contributed by atoms with Gasteiger partial charge in [0.2, 0.25) is 0 Å². The number of likely N-dealkylation sites (N-methyl/N-ethyl adjacent to an activating group) is 1. The number of hydrogen-bond acceptors (Lipinski definition) is 2. The maximum atomic E-state index is 11.9. The van der Waals surface area contributed by atoms with Crippen LogP contribution in [0, 0.1) is 5.41 Å². The van der Waals surface area contributed by atoms with E-state index >= 15 is 0 Å². The van der Waals surface area contributed by atoms with Gasteiger partial charge in [-0.15, -0.1) is 0 Å². The number of carbonyl (C=O) groups excluding carboxylic acids is 1. The summed E-state index contributed by atoms with van der Waals surface area (Å²) >= 11 is 0. The van der Waals surface area contributed by atoms with Crippen LogP contribution in [0.1, 0.15) is 33.6 Å². The van der Waals surface area contributed by atoms with Crippen LogP contribution in [0.2, 0.25) is 0 Å². The van der Waals surface area contributed by atoms with E-state index in [1.54, 1.807) is 0 Å². The van der Waals surface area contributed by atoms with Crippen molar-refractivity contribution in [2.24, 2.45) is 5.41 Å². The van der Waals surface area contributed by atoms with E-state index in [9.17, 15) is 9.59 Å². The van der Waals surface area contributed by atoms with Gasteiger partial charge in [0.05, 0.1) is 27.1 Å². The van der Waals surface area contributed by atoms with Gasteiger partial charge in [0, 0.05) is 5.41 Å². The maximum Gasteiger partial charge on any atom is 0.359 e. The summed E-state index contributed by atoms with van der Waals surface area (Å²) in [6, 6.07) is 0. The summed E-state index contributed by atoms with van der Waals surface area (Å²) < 4.78 is 0.348. The lowest BCUT2D eigenvalue weighted by atomic mass is 9.84. The molecule has 0 fully saturated rings. The Labute approximate surface area is 97.8 Å². The van der Waals surface area contributed by atoms with Crippen molar-refractivity contribution in [3.8, 4) is 0 Å². The average molecular weight is 230 g/mol. The zero-order chi connectivity index (χ0) is 13.0. The van der Waals surface area contributed by atoms with Gasteiger partial charge in [-0.25, -0.2) is 4.79 Å². The molecule has 0 aliphatic carbocycles. The van der Waals surface area contributed by atoms with E-state index in [1.807, 2.05) is 34.9 Å². The number of ketones is 1. The molecule has 0 aromatic rings. The molecule has 0 amide bonds. The van der Waals surface area contributed by atoms with Gasteiger partial charge in [-0.05, 0) is 6.42 Å². The fourth-order valence-electron chi connectivity index (χ4n) is 1.38. The van der Waals surface area contributed by atoms with Gasteiger partial charge in [0.15, 0.2) is 6.54 Å². The van der Waals surface area contributed by atoms with Crippen molar-refractivity contribution in [3.63, 3.8) is 0 Å². The standard InChI is InChI=1S/C12H23NO3/c1-6-12(2,3)10(14)7-8-13(4,5)9-11(15)16/h6-9H2,1-5H3/p+1. The van der Waals surface area contributed by atoms with Crippen LogP contribution in [0.3, 0.4) is 0 Å². The Kier molecular flexibility index (Phi) is 5.13.